The second kappa shape index (κ2) is 6.11. The van der Waals surface area contributed by atoms with Crippen LogP contribution in [0.25, 0.3) is 6.08 Å². The van der Waals surface area contributed by atoms with E-state index in [0.717, 1.165) is 19.2 Å². The van der Waals surface area contributed by atoms with E-state index in [9.17, 15) is 4.79 Å². The van der Waals surface area contributed by atoms with Gasteiger partial charge in [0, 0.05) is 13.6 Å². The topological polar surface area (TPSA) is 38.7 Å². The maximum Gasteiger partial charge on any atom is 0.363 e. The van der Waals surface area contributed by atoms with E-state index in [2.05, 4.69) is 43.5 Å². The fourth-order valence-corrected chi connectivity index (χ4v) is 2.84. The number of hydrogen-bond donors (Lipinski definition) is 0. The largest absolute Gasteiger partial charge is 0.402 e. The van der Waals surface area contributed by atoms with Crippen LogP contribution in [0.4, 0.5) is 0 Å². The molecule has 2 aromatic rings. The van der Waals surface area contributed by atoms with Gasteiger partial charge >= 0.3 is 5.97 Å². The van der Waals surface area contributed by atoms with Crippen molar-refractivity contribution in [1.29, 1.82) is 0 Å². The van der Waals surface area contributed by atoms with Crippen molar-refractivity contribution in [1.82, 2.24) is 0 Å². The van der Waals surface area contributed by atoms with Gasteiger partial charge in [-0.15, -0.1) is 0 Å². The molecule has 0 aliphatic carbocycles. The van der Waals surface area contributed by atoms with Crippen LogP contribution in [0.5, 0.6) is 0 Å². The van der Waals surface area contributed by atoms with Crippen LogP contribution in [0.2, 0.25) is 0 Å². The standard InChI is InChI=1S/C16H9BrINO2/c17-12-6-3-5-11(8-12)15-19-14(16(20)21-15)9-10-4-1-2-7-13(10)18/h1-9H. The number of nitrogens with zero attached hydrogens (tertiary/aromatic N) is 1. The van der Waals surface area contributed by atoms with Gasteiger partial charge in [-0.05, 0) is 58.5 Å². The van der Waals surface area contributed by atoms with Gasteiger partial charge in [-0.25, -0.2) is 9.79 Å². The Morgan fingerprint density at radius 3 is 2.71 bits per heavy atom. The molecule has 0 bridgehead atoms. The summed E-state index contributed by atoms with van der Waals surface area (Å²) in [5.41, 5.74) is 2.03. The quantitative estimate of drug-likeness (QED) is 0.384. The predicted molar refractivity (Wildman–Crippen MR) is 93.9 cm³/mol. The van der Waals surface area contributed by atoms with Crippen LogP contribution in [-0.2, 0) is 9.53 Å². The van der Waals surface area contributed by atoms with Crippen molar-refractivity contribution in [3.8, 4) is 0 Å². The second-order valence-electron chi connectivity index (χ2n) is 4.37. The highest BCUT2D eigenvalue weighted by atomic mass is 127. The van der Waals surface area contributed by atoms with Gasteiger partial charge in [0.15, 0.2) is 5.70 Å². The van der Waals surface area contributed by atoms with Crippen molar-refractivity contribution in [2.45, 2.75) is 0 Å². The van der Waals surface area contributed by atoms with E-state index in [1.54, 1.807) is 6.08 Å². The van der Waals surface area contributed by atoms with Crippen molar-refractivity contribution >= 4 is 56.5 Å². The fraction of sp³-hybridized carbons (Fsp3) is 0. The van der Waals surface area contributed by atoms with E-state index in [1.807, 2.05) is 48.5 Å². The molecule has 0 radical (unpaired) electrons. The van der Waals surface area contributed by atoms with Crippen molar-refractivity contribution in [2.75, 3.05) is 0 Å². The minimum atomic E-state index is -0.426. The number of ether oxygens (including phenoxy) is 1. The van der Waals surface area contributed by atoms with Gasteiger partial charge in [-0.2, -0.15) is 0 Å². The molecule has 0 N–H and O–H groups in total. The first-order valence-electron chi connectivity index (χ1n) is 6.16. The first-order valence-corrected chi connectivity index (χ1v) is 8.04. The van der Waals surface area contributed by atoms with E-state index >= 15 is 0 Å². The SMILES string of the molecule is O=C1OC(c2cccc(Br)c2)=NC1=Cc1ccccc1I. The lowest BCUT2D eigenvalue weighted by atomic mass is 10.2. The van der Waals surface area contributed by atoms with Crippen LogP contribution < -0.4 is 0 Å². The number of carbonyl (C=O) groups excluding carboxylic acids is 1. The van der Waals surface area contributed by atoms with E-state index in [1.165, 1.54) is 0 Å². The van der Waals surface area contributed by atoms with Crippen LogP contribution in [0.1, 0.15) is 11.1 Å². The minimum absolute atomic E-state index is 0.314. The summed E-state index contributed by atoms with van der Waals surface area (Å²) < 4.78 is 7.21. The predicted octanol–water partition coefficient (Wildman–Crippen LogP) is 4.40. The van der Waals surface area contributed by atoms with E-state index in [4.69, 9.17) is 4.74 Å². The van der Waals surface area contributed by atoms with Crippen molar-refractivity contribution in [2.24, 2.45) is 4.99 Å². The molecular weight excluding hydrogens is 445 g/mol. The molecule has 1 heterocycles. The molecule has 1 aliphatic heterocycles. The Balaban J connectivity index is 1.98. The molecule has 0 saturated heterocycles. The number of hydrogen-bond acceptors (Lipinski definition) is 3. The summed E-state index contributed by atoms with van der Waals surface area (Å²) in [5.74, 6) is -0.0943. The zero-order valence-electron chi connectivity index (χ0n) is 10.7. The molecule has 2 aromatic carbocycles. The second-order valence-corrected chi connectivity index (χ2v) is 6.45. The fourth-order valence-electron chi connectivity index (χ4n) is 1.89. The lowest BCUT2D eigenvalue weighted by molar-refractivity contribution is -0.129. The van der Waals surface area contributed by atoms with Gasteiger partial charge in [0.25, 0.3) is 0 Å². The molecule has 0 amide bonds. The molecule has 104 valence electrons. The number of rotatable bonds is 2. The molecule has 21 heavy (non-hydrogen) atoms. The number of esters is 1. The zero-order chi connectivity index (χ0) is 14.8. The van der Waals surface area contributed by atoms with Crippen LogP contribution in [0.3, 0.4) is 0 Å². The molecule has 3 rings (SSSR count). The van der Waals surface area contributed by atoms with Crippen LogP contribution in [0, 0.1) is 3.57 Å². The Labute approximate surface area is 144 Å². The third-order valence-electron chi connectivity index (χ3n) is 2.89. The normalized spacial score (nSPS) is 16.0. The van der Waals surface area contributed by atoms with Crippen molar-refractivity contribution in [3.05, 3.63) is 73.4 Å². The number of halogens is 2. The molecule has 0 spiro atoms. The average molecular weight is 454 g/mol. The summed E-state index contributed by atoms with van der Waals surface area (Å²) >= 11 is 5.62. The highest BCUT2D eigenvalue weighted by Crippen LogP contribution is 2.22. The maximum absolute atomic E-state index is 11.9. The molecular formula is C16H9BrINO2. The van der Waals surface area contributed by atoms with E-state index < -0.39 is 5.97 Å². The highest BCUT2D eigenvalue weighted by molar-refractivity contribution is 14.1. The Hall–Kier alpha value is -1.47. The highest BCUT2D eigenvalue weighted by Gasteiger charge is 2.24. The molecule has 0 fully saturated rings. The third-order valence-corrected chi connectivity index (χ3v) is 4.37. The summed E-state index contributed by atoms with van der Waals surface area (Å²) in [6.45, 7) is 0. The van der Waals surface area contributed by atoms with Crippen LogP contribution >= 0.6 is 38.5 Å². The minimum Gasteiger partial charge on any atom is -0.402 e. The van der Waals surface area contributed by atoms with E-state index in [0.29, 0.717) is 11.6 Å². The number of cyclic esters (lactones) is 1. The lowest BCUT2D eigenvalue weighted by Gasteiger charge is -1.99. The molecule has 0 atom stereocenters. The van der Waals surface area contributed by atoms with Gasteiger partial charge in [0.05, 0.1) is 0 Å². The molecule has 0 aromatic heterocycles. The monoisotopic (exact) mass is 453 g/mol. The van der Waals surface area contributed by atoms with Gasteiger partial charge in [-0.1, -0.05) is 40.2 Å². The Kier molecular flexibility index (Phi) is 4.21. The van der Waals surface area contributed by atoms with Gasteiger partial charge in [0.1, 0.15) is 0 Å². The maximum atomic E-state index is 11.9. The van der Waals surface area contributed by atoms with Gasteiger partial charge in [0.2, 0.25) is 5.90 Å². The van der Waals surface area contributed by atoms with Crippen LogP contribution in [-0.4, -0.2) is 11.9 Å². The molecule has 0 saturated carbocycles. The first kappa shape index (κ1) is 14.5. The zero-order valence-corrected chi connectivity index (χ0v) is 14.5. The summed E-state index contributed by atoms with van der Waals surface area (Å²) in [5, 5.41) is 0. The molecule has 5 heteroatoms. The number of carbonyl (C=O) groups is 1. The Morgan fingerprint density at radius 2 is 1.95 bits per heavy atom. The van der Waals surface area contributed by atoms with Crippen molar-refractivity contribution in [3.63, 3.8) is 0 Å². The Morgan fingerprint density at radius 1 is 1.14 bits per heavy atom. The van der Waals surface area contributed by atoms with Crippen LogP contribution in [0.15, 0.2) is 63.7 Å². The summed E-state index contributed by atoms with van der Waals surface area (Å²) in [4.78, 5) is 16.2. The molecule has 1 aliphatic rings. The number of aliphatic imine (C=N–C) groups is 1. The third kappa shape index (κ3) is 3.24. The van der Waals surface area contributed by atoms with Gasteiger partial charge < -0.3 is 4.74 Å². The summed E-state index contributed by atoms with van der Waals surface area (Å²) in [6, 6.07) is 15.3. The van der Waals surface area contributed by atoms with E-state index in [-0.39, 0.29) is 0 Å². The van der Waals surface area contributed by atoms with Gasteiger partial charge in [-0.3, -0.25) is 0 Å². The first-order chi connectivity index (χ1) is 10.1. The number of benzene rings is 2. The Bertz CT molecular complexity index is 783. The molecule has 0 unspecified atom stereocenters. The summed E-state index contributed by atoms with van der Waals surface area (Å²) in [7, 11) is 0. The summed E-state index contributed by atoms with van der Waals surface area (Å²) in [6.07, 6.45) is 1.75. The van der Waals surface area contributed by atoms with Crippen molar-refractivity contribution < 1.29 is 9.53 Å². The lowest BCUT2D eigenvalue weighted by Crippen LogP contribution is -2.05. The smallest absolute Gasteiger partial charge is 0.363 e. The molecule has 3 nitrogen and oxygen atoms in total. The average Bonchev–Trinajstić information content (AvgIpc) is 2.83.